The third-order valence-electron chi connectivity index (χ3n) is 4.99. The van der Waals surface area contributed by atoms with E-state index < -0.39 is 0 Å². The Balaban J connectivity index is 1.43. The summed E-state index contributed by atoms with van der Waals surface area (Å²) in [5.41, 5.74) is 5.66. The monoisotopic (exact) mass is 382 g/mol. The van der Waals surface area contributed by atoms with E-state index in [-0.39, 0.29) is 5.91 Å². The Hall–Kier alpha value is -3.66. The lowest BCUT2D eigenvalue weighted by Gasteiger charge is -2.10. The SMILES string of the molecule is Cc1ccc(OCc2ccc(C(=O)Nc3cccc4ncccc34)cc2)cc1C. The molecule has 0 radical (unpaired) electrons. The molecule has 4 rings (SSSR count). The van der Waals surface area contributed by atoms with Crippen LogP contribution in [0.1, 0.15) is 27.0 Å². The minimum atomic E-state index is -0.150. The molecule has 29 heavy (non-hydrogen) atoms. The molecule has 0 aliphatic heterocycles. The van der Waals surface area contributed by atoms with Crippen LogP contribution in [0.4, 0.5) is 5.69 Å². The Morgan fingerprint density at radius 1 is 0.931 bits per heavy atom. The number of carbonyl (C=O) groups is 1. The van der Waals surface area contributed by atoms with Gasteiger partial charge >= 0.3 is 0 Å². The van der Waals surface area contributed by atoms with Crippen molar-refractivity contribution in [3.05, 3.63) is 101 Å². The first-order chi connectivity index (χ1) is 14.1. The number of rotatable bonds is 5. The normalized spacial score (nSPS) is 10.7. The molecule has 4 nitrogen and oxygen atoms in total. The number of aromatic nitrogens is 1. The molecule has 4 aromatic rings. The fourth-order valence-corrected chi connectivity index (χ4v) is 3.13. The van der Waals surface area contributed by atoms with Gasteiger partial charge in [-0.2, -0.15) is 0 Å². The van der Waals surface area contributed by atoms with Crippen LogP contribution in [0.5, 0.6) is 5.75 Å². The van der Waals surface area contributed by atoms with Crippen LogP contribution in [0.25, 0.3) is 10.9 Å². The molecular formula is C25H22N2O2. The molecule has 0 unspecified atom stereocenters. The van der Waals surface area contributed by atoms with Crippen LogP contribution in [0.3, 0.4) is 0 Å². The highest BCUT2D eigenvalue weighted by molar-refractivity contribution is 6.08. The number of benzene rings is 3. The number of hydrogen-bond donors (Lipinski definition) is 1. The largest absolute Gasteiger partial charge is 0.489 e. The van der Waals surface area contributed by atoms with E-state index >= 15 is 0 Å². The zero-order chi connectivity index (χ0) is 20.2. The molecule has 0 aliphatic carbocycles. The number of amides is 1. The maximum Gasteiger partial charge on any atom is 0.255 e. The van der Waals surface area contributed by atoms with Gasteiger partial charge in [-0.3, -0.25) is 9.78 Å². The van der Waals surface area contributed by atoms with Gasteiger partial charge in [0.1, 0.15) is 12.4 Å². The highest BCUT2D eigenvalue weighted by Crippen LogP contribution is 2.22. The van der Waals surface area contributed by atoms with Crippen molar-refractivity contribution in [2.45, 2.75) is 20.5 Å². The van der Waals surface area contributed by atoms with Crippen LogP contribution in [0.2, 0.25) is 0 Å². The predicted molar refractivity (Wildman–Crippen MR) is 116 cm³/mol. The van der Waals surface area contributed by atoms with Gasteiger partial charge in [0.15, 0.2) is 0 Å². The van der Waals surface area contributed by atoms with Crippen LogP contribution in [0, 0.1) is 13.8 Å². The Morgan fingerprint density at radius 2 is 1.76 bits per heavy atom. The van der Waals surface area contributed by atoms with E-state index in [9.17, 15) is 4.79 Å². The summed E-state index contributed by atoms with van der Waals surface area (Å²) in [6.45, 7) is 4.61. The summed E-state index contributed by atoms with van der Waals surface area (Å²) < 4.78 is 5.86. The lowest BCUT2D eigenvalue weighted by molar-refractivity contribution is 0.102. The average Bonchev–Trinajstić information content (AvgIpc) is 2.75. The first-order valence-corrected chi connectivity index (χ1v) is 9.54. The van der Waals surface area contributed by atoms with Crippen molar-refractivity contribution in [3.63, 3.8) is 0 Å². The summed E-state index contributed by atoms with van der Waals surface area (Å²) in [5, 5.41) is 3.90. The number of ether oxygens (including phenoxy) is 1. The van der Waals surface area contributed by atoms with E-state index in [1.165, 1.54) is 11.1 Å². The van der Waals surface area contributed by atoms with Gasteiger partial charge in [0.25, 0.3) is 5.91 Å². The number of hydrogen-bond acceptors (Lipinski definition) is 3. The molecule has 1 amide bonds. The summed E-state index contributed by atoms with van der Waals surface area (Å²) in [5.74, 6) is 0.697. The van der Waals surface area contributed by atoms with Crippen LogP contribution in [-0.4, -0.2) is 10.9 Å². The predicted octanol–water partition coefficient (Wildman–Crippen LogP) is 5.68. The molecule has 1 aromatic heterocycles. The third-order valence-corrected chi connectivity index (χ3v) is 4.99. The number of carbonyl (C=O) groups excluding carboxylic acids is 1. The number of nitrogens with one attached hydrogen (secondary N) is 1. The first kappa shape index (κ1) is 18.7. The van der Waals surface area contributed by atoms with Crippen LogP contribution >= 0.6 is 0 Å². The fourth-order valence-electron chi connectivity index (χ4n) is 3.13. The highest BCUT2D eigenvalue weighted by Gasteiger charge is 2.09. The molecule has 0 aliphatic rings. The Labute approximate surface area is 170 Å². The van der Waals surface area contributed by atoms with Crippen LogP contribution in [0.15, 0.2) is 79.0 Å². The van der Waals surface area contributed by atoms with Gasteiger partial charge in [0.05, 0.1) is 11.2 Å². The lowest BCUT2D eigenvalue weighted by Crippen LogP contribution is -2.12. The summed E-state index contributed by atoms with van der Waals surface area (Å²) in [7, 11) is 0. The van der Waals surface area contributed by atoms with Crippen molar-refractivity contribution >= 4 is 22.5 Å². The van der Waals surface area contributed by atoms with Crippen LogP contribution in [-0.2, 0) is 6.61 Å². The number of anilines is 1. The smallest absolute Gasteiger partial charge is 0.255 e. The van der Waals surface area contributed by atoms with E-state index in [1.54, 1.807) is 6.20 Å². The second-order valence-electron chi connectivity index (χ2n) is 7.06. The van der Waals surface area contributed by atoms with Gasteiger partial charge in [0.2, 0.25) is 0 Å². The fraction of sp³-hybridized carbons (Fsp3) is 0.120. The van der Waals surface area contributed by atoms with Gasteiger partial charge in [-0.15, -0.1) is 0 Å². The minimum absolute atomic E-state index is 0.150. The van der Waals surface area contributed by atoms with Crippen molar-refractivity contribution in [3.8, 4) is 5.75 Å². The maximum absolute atomic E-state index is 12.7. The Bertz CT molecular complexity index is 1160. The van der Waals surface area contributed by atoms with Crippen LogP contribution < -0.4 is 10.1 Å². The molecule has 0 saturated heterocycles. The van der Waals surface area contributed by atoms with Crippen molar-refractivity contribution in [2.24, 2.45) is 0 Å². The van der Waals surface area contributed by atoms with Crippen molar-refractivity contribution in [2.75, 3.05) is 5.32 Å². The van der Waals surface area contributed by atoms with Gasteiger partial charge < -0.3 is 10.1 Å². The molecule has 0 spiro atoms. The molecule has 0 bridgehead atoms. The summed E-state index contributed by atoms with van der Waals surface area (Å²) in [6.07, 6.45) is 1.74. The van der Waals surface area contributed by atoms with Gasteiger partial charge in [-0.1, -0.05) is 24.3 Å². The van der Waals surface area contributed by atoms with Gasteiger partial charge in [0, 0.05) is 17.1 Å². The number of nitrogens with zero attached hydrogens (tertiary/aromatic N) is 1. The van der Waals surface area contributed by atoms with Crippen molar-refractivity contribution in [1.82, 2.24) is 4.98 Å². The summed E-state index contributed by atoms with van der Waals surface area (Å²) in [6, 6.07) is 23.0. The Kier molecular flexibility index (Phi) is 5.25. The minimum Gasteiger partial charge on any atom is -0.489 e. The molecule has 0 fully saturated rings. The maximum atomic E-state index is 12.7. The second kappa shape index (κ2) is 8.15. The van der Waals surface area contributed by atoms with E-state index in [2.05, 4.69) is 30.2 Å². The van der Waals surface area contributed by atoms with Gasteiger partial charge in [-0.25, -0.2) is 0 Å². The molecule has 1 N–H and O–H groups in total. The third kappa shape index (κ3) is 4.27. The molecule has 144 valence electrons. The second-order valence-corrected chi connectivity index (χ2v) is 7.06. The topological polar surface area (TPSA) is 51.2 Å². The zero-order valence-corrected chi connectivity index (χ0v) is 16.5. The highest BCUT2D eigenvalue weighted by atomic mass is 16.5. The van der Waals surface area contributed by atoms with E-state index in [0.717, 1.165) is 27.9 Å². The summed E-state index contributed by atoms with van der Waals surface area (Å²) >= 11 is 0. The standard InChI is InChI=1S/C25H22N2O2/c1-17-8-13-21(15-18(17)2)29-16-19-9-11-20(12-10-19)25(28)27-24-7-3-6-23-22(24)5-4-14-26-23/h3-15H,16H2,1-2H3,(H,27,28). The molecule has 0 saturated carbocycles. The Morgan fingerprint density at radius 3 is 2.55 bits per heavy atom. The van der Waals surface area contributed by atoms with E-state index in [4.69, 9.17) is 4.74 Å². The lowest BCUT2D eigenvalue weighted by atomic mass is 10.1. The average molecular weight is 382 g/mol. The molecular weight excluding hydrogens is 360 g/mol. The number of fused-ring (bicyclic) bond motifs is 1. The molecule has 4 heteroatoms. The van der Waals surface area contributed by atoms with Crippen molar-refractivity contribution < 1.29 is 9.53 Å². The van der Waals surface area contributed by atoms with Gasteiger partial charge in [-0.05, 0) is 79.1 Å². The summed E-state index contributed by atoms with van der Waals surface area (Å²) in [4.78, 5) is 17.0. The quantitative estimate of drug-likeness (QED) is 0.483. The number of pyridine rings is 1. The molecule has 0 atom stereocenters. The number of aryl methyl sites for hydroxylation is 2. The van der Waals surface area contributed by atoms with E-state index in [0.29, 0.717) is 12.2 Å². The first-order valence-electron chi connectivity index (χ1n) is 9.54. The zero-order valence-electron chi connectivity index (χ0n) is 16.5. The van der Waals surface area contributed by atoms with E-state index in [1.807, 2.05) is 66.7 Å². The molecule has 3 aromatic carbocycles. The molecule has 1 heterocycles. The van der Waals surface area contributed by atoms with Crippen molar-refractivity contribution in [1.29, 1.82) is 0 Å².